The summed E-state index contributed by atoms with van der Waals surface area (Å²) in [6, 6.07) is 1.31. The molecule has 0 radical (unpaired) electrons. The van der Waals surface area contributed by atoms with Gasteiger partial charge in [-0.3, -0.25) is 4.90 Å². The van der Waals surface area contributed by atoms with Crippen LogP contribution in [0, 0.1) is 11.8 Å². The summed E-state index contributed by atoms with van der Waals surface area (Å²) in [6.45, 7) is 11.8. The van der Waals surface area contributed by atoms with E-state index in [0.717, 1.165) is 11.8 Å². The Balaban J connectivity index is 2.40. The van der Waals surface area contributed by atoms with E-state index in [4.69, 9.17) is 0 Å². The molecule has 1 N–H and O–H groups in total. The van der Waals surface area contributed by atoms with Gasteiger partial charge in [0.25, 0.3) is 0 Å². The van der Waals surface area contributed by atoms with Crippen molar-refractivity contribution in [2.75, 3.05) is 20.1 Å². The summed E-state index contributed by atoms with van der Waals surface area (Å²) in [5.74, 6) is 1.63. The Labute approximate surface area is 82.7 Å². The molecule has 1 saturated heterocycles. The zero-order valence-electron chi connectivity index (χ0n) is 9.67. The van der Waals surface area contributed by atoms with E-state index < -0.39 is 0 Å². The lowest BCUT2D eigenvalue weighted by Crippen LogP contribution is -2.57. The average Bonchev–Trinajstić information content (AvgIpc) is 1.99. The molecule has 0 aromatic carbocycles. The minimum absolute atomic E-state index is 0.632. The lowest BCUT2D eigenvalue weighted by Gasteiger charge is -2.45. The lowest BCUT2D eigenvalue weighted by molar-refractivity contribution is 0.0440. The van der Waals surface area contributed by atoms with E-state index in [1.54, 1.807) is 0 Å². The number of nitrogens with one attached hydrogen (secondary N) is 1. The number of rotatable bonds is 4. The van der Waals surface area contributed by atoms with Crippen molar-refractivity contribution in [3.05, 3.63) is 0 Å². The summed E-state index contributed by atoms with van der Waals surface area (Å²) in [4.78, 5) is 2.58. The van der Waals surface area contributed by atoms with Crippen molar-refractivity contribution in [3.8, 4) is 0 Å². The van der Waals surface area contributed by atoms with Crippen molar-refractivity contribution in [2.24, 2.45) is 11.8 Å². The molecule has 78 valence electrons. The molecule has 0 aromatic heterocycles. The monoisotopic (exact) mass is 184 g/mol. The first kappa shape index (κ1) is 11.0. The van der Waals surface area contributed by atoms with Gasteiger partial charge in [0.2, 0.25) is 0 Å². The van der Waals surface area contributed by atoms with Crippen molar-refractivity contribution in [2.45, 2.75) is 39.8 Å². The zero-order valence-corrected chi connectivity index (χ0v) is 9.67. The summed E-state index contributed by atoms with van der Waals surface area (Å²) in [6.07, 6.45) is 0. The van der Waals surface area contributed by atoms with E-state index in [2.05, 4.69) is 45.0 Å². The van der Waals surface area contributed by atoms with Crippen LogP contribution >= 0.6 is 0 Å². The topological polar surface area (TPSA) is 15.3 Å². The maximum absolute atomic E-state index is 3.42. The fourth-order valence-corrected chi connectivity index (χ4v) is 2.44. The van der Waals surface area contributed by atoms with E-state index in [1.165, 1.54) is 13.1 Å². The Bertz CT molecular complexity index is 150. The third-order valence-electron chi connectivity index (χ3n) is 3.24. The molecule has 0 spiro atoms. The van der Waals surface area contributed by atoms with Gasteiger partial charge in [0.05, 0.1) is 0 Å². The zero-order chi connectivity index (χ0) is 10.0. The van der Waals surface area contributed by atoms with E-state index >= 15 is 0 Å². The van der Waals surface area contributed by atoms with Gasteiger partial charge in [0, 0.05) is 25.2 Å². The number of nitrogens with zero attached hydrogens (tertiary/aromatic N) is 1. The van der Waals surface area contributed by atoms with E-state index in [0.29, 0.717) is 12.1 Å². The van der Waals surface area contributed by atoms with Crippen LogP contribution in [0.5, 0.6) is 0 Å². The Morgan fingerprint density at radius 1 is 1.23 bits per heavy atom. The van der Waals surface area contributed by atoms with E-state index in [1.807, 2.05) is 0 Å². The molecule has 1 aliphatic rings. The molecule has 1 aliphatic heterocycles. The highest BCUT2D eigenvalue weighted by Crippen LogP contribution is 2.21. The first-order valence-corrected chi connectivity index (χ1v) is 5.47. The number of likely N-dealkylation sites (tertiary alicyclic amines) is 1. The van der Waals surface area contributed by atoms with Gasteiger partial charge in [-0.1, -0.05) is 20.8 Å². The fourth-order valence-electron chi connectivity index (χ4n) is 2.44. The van der Waals surface area contributed by atoms with Crippen LogP contribution in [0.1, 0.15) is 27.7 Å². The molecule has 2 nitrogen and oxygen atoms in total. The van der Waals surface area contributed by atoms with Gasteiger partial charge in [0.15, 0.2) is 0 Å². The second-order valence-corrected chi connectivity index (χ2v) is 4.86. The van der Waals surface area contributed by atoms with Gasteiger partial charge in [-0.05, 0) is 25.8 Å². The highest BCUT2D eigenvalue weighted by Gasteiger charge is 2.31. The molecule has 1 rings (SSSR count). The standard InChI is InChI=1S/C11H24N2/c1-8(2)11(12-5)10(4)13-6-9(3)7-13/h8-12H,6-7H2,1-5H3. The minimum atomic E-state index is 0.632. The quantitative estimate of drug-likeness (QED) is 0.713. The largest absolute Gasteiger partial charge is 0.315 e. The fraction of sp³-hybridized carbons (Fsp3) is 1.00. The molecule has 1 heterocycles. The van der Waals surface area contributed by atoms with Crippen molar-refractivity contribution in [1.29, 1.82) is 0 Å². The maximum atomic E-state index is 3.42. The van der Waals surface area contributed by atoms with E-state index in [9.17, 15) is 0 Å². The highest BCUT2D eigenvalue weighted by atomic mass is 15.2. The summed E-state index contributed by atoms with van der Waals surface area (Å²) in [7, 11) is 2.07. The molecular formula is C11H24N2. The number of likely N-dealkylation sites (N-methyl/N-ethyl adjacent to an activating group) is 1. The van der Waals surface area contributed by atoms with Crippen molar-refractivity contribution in [3.63, 3.8) is 0 Å². The smallest absolute Gasteiger partial charge is 0.0240 e. The summed E-state index contributed by atoms with van der Waals surface area (Å²) < 4.78 is 0. The van der Waals surface area contributed by atoms with E-state index in [-0.39, 0.29) is 0 Å². The predicted octanol–water partition coefficient (Wildman–Crippen LogP) is 1.57. The summed E-state index contributed by atoms with van der Waals surface area (Å²) >= 11 is 0. The summed E-state index contributed by atoms with van der Waals surface area (Å²) in [5.41, 5.74) is 0. The molecule has 0 amide bonds. The average molecular weight is 184 g/mol. The Morgan fingerprint density at radius 3 is 2.08 bits per heavy atom. The second-order valence-electron chi connectivity index (χ2n) is 4.86. The van der Waals surface area contributed by atoms with Crippen molar-refractivity contribution in [1.82, 2.24) is 10.2 Å². The molecule has 0 aliphatic carbocycles. The summed E-state index contributed by atoms with van der Waals surface area (Å²) in [5, 5.41) is 3.42. The van der Waals surface area contributed by atoms with Crippen LogP contribution in [-0.4, -0.2) is 37.1 Å². The van der Waals surface area contributed by atoms with Crippen LogP contribution in [0.4, 0.5) is 0 Å². The van der Waals surface area contributed by atoms with Crippen LogP contribution < -0.4 is 5.32 Å². The molecule has 0 aromatic rings. The normalized spacial score (nSPS) is 24.5. The second kappa shape index (κ2) is 4.43. The van der Waals surface area contributed by atoms with Gasteiger partial charge in [-0.25, -0.2) is 0 Å². The first-order chi connectivity index (χ1) is 6.06. The molecular weight excluding hydrogens is 160 g/mol. The predicted molar refractivity (Wildman–Crippen MR) is 57.9 cm³/mol. The molecule has 2 heteroatoms. The van der Waals surface area contributed by atoms with Crippen LogP contribution in [0.2, 0.25) is 0 Å². The SMILES string of the molecule is CNC(C(C)C)C(C)N1CC(C)C1. The molecule has 0 bridgehead atoms. The Hall–Kier alpha value is -0.0800. The number of hydrogen-bond acceptors (Lipinski definition) is 2. The van der Waals surface area contributed by atoms with Crippen molar-refractivity contribution >= 4 is 0 Å². The minimum Gasteiger partial charge on any atom is -0.315 e. The van der Waals surface area contributed by atoms with Gasteiger partial charge in [-0.2, -0.15) is 0 Å². The van der Waals surface area contributed by atoms with Gasteiger partial charge in [-0.15, -0.1) is 0 Å². The lowest BCUT2D eigenvalue weighted by atomic mass is 9.92. The van der Waals surface area contributed by atoms with Crippen LogP contribution in [-0.2, 0) is 0 Å². The maximum Gasteiger partial charge on any atom is 0.0240 e. The molecule has 0 saturated carbocycles. The highest BCUT2D eigenvalue weighted by molar-refractivity contribution is 4.88. The van der Waals surface area contributed by atoms with Gasteiger partial charge < -0.3 is 5.32 Å². The van der Waals surface area contributed by atoms with Crippen molar-refractivity contribution < 1.29 is 0 Å². The van der Waals surface area contributed by atoms with Crippen LogP contribution in [0.3, 0.4) is 0 Å². The molecule has 2 atom stereocenters. The van der Waals surface area contributed by atoms with Gasteiger partial charge in [0.1, 0.15) is 0 Å². The first-order valence-electron chi connectivity index (χ1n) is 5.47. The molecule has 2 unspecified atom stereocenters. The number of hydrogen-bond donors (Lipinski definition) is 1. The Kier molecular flexibility index (Phi) is 3.74. The molecule has 1 fully saturated rings. The van der Waals surface area contributed by atoms with Gasteiger partial charge >= 0.3 is 0 Å². The third kappa shape index (κ3) is 2.44. The van der Waals surface area contributed by atoms with Crippen LogP contribution in [0.25, 0.3) is 0 Å². The Morgan fingerprint density at radius 2 is 1.77 bits per heavy atom. The third-order valence-corrected chi connectivity index (χ3v) is 3.24. The molecule has 13 heavy (non-hydrogen) atoms. The van der Waals surface area contributed by atoms with Crippen LogP contribution in [0.15, 0.2) is 0 Å².